The van der Waals surface area contributed by atoms with Crippen molar-refractivity contribution in [2.24, 2.45) is 0 Å². The van der Waals surface area contributed by atoms with Gasteiger partial charge in [0.05, 0.1) is 6.61 Å². The van der Waals surface area contributed by atoms with Crippen molar-refractivity contribution in [1.29, 1.82) is 0 Å². The van der Waals surface area contributed by atoms with E-state index in [4.69, 9.17) is 4.74 Å². The second kappa shape index (κ2) is 8.40. The van der Waals surface area contributed by atoms with Crippen molar-refractivity contribution < 1.29 is 9.53 Å². The van der Waals surface area contributed by atoms with Gasteiger partial charge in [0.15, 0.2) is 0 Å². The van der Waals surface area contributed by atoms with Crippen molar-refractivity contribution in [2.45, 2.75) is 19.4 Å². The molecule has 27 heavy (non-hydrogen) atoms. The SMILES string of the molecule is O=C(/C=C/c1ccc2c(c1)CCO2)N1CCCN(Cc2ccccc2)CC1. The number of amides is 1. The van der Waals surface area contributed by atoms with E-state index >= 15 is 0 Å². The fraction of sp³-hybridized carbons (Fsp3) is 0.348. The predicted octanol–water partition coefficient (Wildman–Crippen LogP) is 3.37. The summed E-state index contributed by atoms with van der Waals surface area (Å²) in [5.74, 6) is 1.08. The van der Waals surface area contributed by atoms with Gasteiger partial charge in [-0.2, -0.15) is 0 Å². The maximum absolute atomic E-state index is 12.6. The van der Waals surface area contributed by atoms with Gasteiger partial charge >= 0.3 is 0 Å². The highest BCUT2D eigenvalue weighted by molar-refractivity contribution is 5.91. The topological polar surface area (TPSA) is 32.8 Å². The molecule has 4 nitrogen and oxygen atoms in total. The summed E-state index contributed by atoms with van der Waals surface area (Å²) < 4.78 is 5.54. The van der Waals surface area contributed by atoms with E-state index in [-0.39, 0.29) is 5.91 Å². The Morgan fingerprint density at radius 2 is 1.93 bits per heavy atom. The summed E-state index contributed by atoms with van der Waals surface area (Å²) in [6.07, 6.45) is 5.61. The minimum atomic E-state index is 0.105. The minimum absolute atomic E-state index is 0.105. The fourth-order valence-electron chi connectivity index (χ4n) is 3.77. The van der Waals surface area contributed by atoms with Gasteiger partial charge in [-0.15, -0.1) is 0 Å². The van der Waals surface area contributed by atoms with E-state index in [1.165, 1.54) is 11.1 Å². The molecule has 0 N–H and O–H groups in total. The maximum atomic E-state index is 12.6. The predicted molar refractivity (Wildman–Crippen MR) is 108 cm³/mol. The molecule has 0 atom stereocenters. The van der Waals surface area contributed by atoms with E-state index in [9.17, 15) is 4.79 Å². The molecule has 2 aromatic carbocycles. The highest BCUT2D eigenvalue weighted by atomic mass is 16.5. The Morgan fingerprint density at radius 1 is 1.04 bits per heavy atom. The van der Waals surface area contributed by atoms with Crippen LogP contribution in [0, 0.1) is 0 Å². The fourth-order valence-corrected chi connectivity index (χ4v) is 3.77. The smallest absolute Gasteiger partial charge is 0.246 e. The summed E-state index contributed by atoms with van der Waals surface area (Å²) in [4.78, 5) is 17.0. The standard InChI is InChI=1S/C23H26N2O2/c26-23(10-8-19-7-9-22-21(17-19)11-16-27-22)25-13-4-12-24(14-15-25)18-20-5-2-1-3-6-20/h1-3,5-10,17H,4,11-16,18H2/b10-8+. The lowest BCUT2D eigenvalue weighted by molar-refractivity contribution is -0.125. The minimum Gasteiger partial charge on any atom is -0.493 e. The third kappa shape index (κ3) is 4.58. The second-order valence-corrected chi connectivity index (χ2v) is 7.24. The number of benzene rings is 2. The summed E-state index contributed by atoms with van der Waals surface area (Å²) in [6, 6.07) is 16.7. The molecule has 2 aromatic rings. The summed E-state index contributed by atoms with van der Waals surface area (Å²) in [5, 5.41) is 0. The van der Waals surface area contributed by atoms with Crippen LogP contribution in [0.3, 0.4) is 0 Å². The molecule has 4 rings (SSSR count). The van der Waals surface area contributed by atoms with Crippen LogP contribution in [0.5, 0.6) is 5.75 Å². The number of carbonyl (C=O) groups is 1. The van der Waals surface area contributed by atoms with Crippen molar-refractivity contribution in [2.75, 3.05) is 32.8 Å². The van der Waals surface area contributed by atoms with Crippen LogP contribution < -0.4 is 4.74 Å². The molecular formula is C23H26N2O2. The Balaban J connectivity index is 1.32. The number of carbonyl (C=O) groups excluding carboxylic acids is 1. The first kappa shape index (κ1) is 17.8. The molecule has 4 heteroatoms. The van der Waals surface area contributed by atoms with Crippen molar-refractivity contribution in [3.05, 3.63) is 71.3 Å². The average molecular weight is 362 g/mol. The zero-order valence-electron chi connectivity index (χ0n) is 15.6. The molecule has 0 aromatic heterocycles. The molecule has 0 unspecified atom stereocenters. The number of fused-ring (bicyclic) bond motifs is 1. The van der Waals surface area contributed by atoms with Gasteiger partial charge < -0.3 is 9.64 Å². The van der Waals surface area contributed by atoms with Crippen LogP contribution in [-0.2, 0) is 17.8 Å². The summed E-state index contributed by atoms with van der Waals surface area (Å²) in [6.45, 7) is 5.28. The van der Waals surface area contributed by atoms with Gasteiger partial charge in [-0.05, 0) is 41.3 Å². The van der Waals surface area contributed by atoms with Crippen molar-refractivity contribution >= 4 is 12.0 Å². The average Bonchev–Trinajstić information content (AvgIpc) is 3.04. The Kier molecular flexibility index (Phi) is 5.54. The van der Waals surface area contributed by atoms with Crippen LogP contribution in [0.15, 0.2) is 54.6 Å². The van der Waals surface area contributed by atoms with Crippen LogP contribution in [0.25, 0.3) is 6.08 Å². The first-order valence-electron chi connectivity index (χ1n) is 9.77. The maximum Gasteiger partial charge on any atom is 0.246 e. The second-order valence-electron chi connectivity index (χ2n) is 7.24. The van der Waals surface area contributed by atoms with Crippen LogP contribution in [0.1, 0.15) is 23.1 Å². The van der Waals surface area contributed by atoms with Gasteiger partial charge in [-0.1, -0.05) is 36.4 Å². The Labute approximate surface area is 161 Å². The highest BCUT2D eigenvalue weighted by Gasteiger charge is 2.18. The number of hydrogen-bond donors (Lipinski definition) is 0. The normalized spacial score (nSPS) is 17.6. The molecule has 1 saturated heterocycles. The first-order chi connectivity index (χ1) is 13.3. The van der Waals surface area contributed by atoms with Crippen LogP contribution in [0.4, 0.5) is 0 Å². The Morgan fingerprint density at radius 3 is 2.81 bits per heavy atom. The Bertz CT molecular complexity index is 816. The first-order valence-corrected chi connectivity index (χ1v) is 9.77. The third-order valence-corrected chi connectivity index (χ3v) is 5.28. The Hall–Kier alpha value is -2.59. The molecule has 0 saturated carbocycles. The zero-order chi connectivity index (χ0) is 18.5. The molecule has 1 amide bonds. The van der Waals surface area contributed by atoms with E-state index in [0.717, 1.165) is 63.5 Å². The van der Waals surface area contributed by atoms with Crippen molar-refractivity contribution in [3.63, 3.8) is 0 Å². The van der Waals surface area contributed by atoms with E-state index < -0.39 is 0 Å². The lowest BCUT2D eigenvalue weighted by Gasteiger charge is -2.21. The van der Waals surface area contributed by atoms with Gasteiger partial charge in [0.2, 0.25) is 5.91 Å². The molecule has 140 valence electrons. The van der Waals surface area contributed by atoms with Gasteiger partial charge in [-0.25, -0.2) is 0 Å². The number of hydrogen-bond acceptors (Lipinski definition) is 3. The van der Waals surface area contributed by atoms with Crippen LogP contribution in [0.2, 0.25) is 0 Å². The molecule has 2 heterocycles. The third-order valence-electron chi connectivity index (χ3n) is 5.28. The van der Waals surface area contributed by atoms with Gasteiger partial charge in [0.25, 0.3) is 0 Å². The molecule has 0 spiro atoms. The molecule has 1 fully saturated rings. The molecule has 0 bridgehead atoms. The van der Waals surface area contributed by atoms with Crippen molar-refractivity contribution in [1.82, 2.24) is 9.80 Å². The lowest BCUT2D eigenvalue weighted by Crippen LogP contribution is -2.34. The van der Waals surface area contributed by atoms with Crippen molar-refractivity contribution in [3.8, 4) is 5.75 Å². The van der Waals surface area contributed by atoms with E-state index in [1.54, 1.807) is 6.08 Å². The van der Waals surface area contributed by atoms with E-state index in [0.29, 0.717) is 0 Å². The van der Waals surface area contributed by atoms with Crippen LogP contribution >= 0.6 is 0 Å². The molecule has 0 aliphatic carbocycles. The van der Waals surface area contributed by atoms with Crippen LogP contribution in [-0.4, -0.2) is 48.5 Å². The summed E-state index contributed by atoms with van der Waals surface area (Å²) >= 11 is 0. The quantitative estimate of drug-likeness (QED) is 0.782. The van der Waals surface area contributed by atoms with Gasteiger partial charge in [0.1, 0.15) is 5.75 Å². The highest BCUT2D eigenvalue weighted by Crippen LogP contribution is 2.26. The van der Waals surface area contributed by atoms with E-state index in [2.05, 4.69) is 35.2 Å². The lowest BCUT2D eigenvalue weighted by atomic mass is 10.1. The molecule has 2 aliphatic rings. The number of rotatable bonds is 4. The van der Waals surface area contributed by atoms with E-state index in [1.807, 2.05) is 29.2 Å². The molecule has 2 aliphatic heterocycles. The largest absolute Gasteiger partial charge is 0.493 e. The number of ether oxygens (including phenoxy) is 1. The van der Waals surface area contributed by atoms with Gasteiger partial charge in [0, 0.05) is 45.2 Å². The van der Waals surface area contributed by atoms with Gasteiger partial charge in [-0.3, -0.25) is 9.69 Å². The number of nitrogens with zero attached hydrogens (tertiary/aromatic N) is 2. The monoisotopic (exact) mass is 362 g/mol. The molecule has 0 radical (unpaired) electrons. The zero-order valence-corrected chi connectivity index (χ0v) is 15.6. The molecular weight excluding hydrogens is 336 g/mol. The summed E-state index contributed by atoms with van der Waals surface area (Å²) in [5.41, 5.74) is 3.63. The summed E-state index contributed by atoms with van der Waals surface area (Å²) in [7, 11) is 0.